The number of aryl methyl sites for hydroxylation is 1. The first-order valence-corrected chi connectivity index (χ1v) is 7.96. The molecule has 1 atom stereocenters. The molecular weight excluding hydrogens is 304 g/mol. The van der Waals surface area contributed by atoms with Gasteiger partial charge in [0.2, 0.25) is 11.8 Å². The number of amides is 2. The van der Waals surface area contributed by atoms with Gasteiger partial charge in [-0.15, -0.1) is 0 Å². The summed E-state index contributed by atoms with van der Waals surface area (Å²) >= 11 is 0. The summed E-state index contributed by atoms with van der Waals surface area (Å²) in [6.07, 6.45) is 0.209. The Morgan fingerprint density at radius 1 is 1.21 bits per heavy atom. The number of carbonyl (C=O) groups is 2. The van der Waals surface area contributed by atoms with Crippen LogP contribution in [-0.2, 0) is 16.1 Å². The number of rotatable bonds is 4. The van der Waals surface area contributed by atoms with Gasteiger partial charge in [0.15, 0.2) is 0 Å². The quantitative estimate of drug-likeness (QED) is 0.907. The van der Waals surface area contributed by atoms with Crippen LogP contribution in [0.25, 0.3) is 0 Å². The van der Waals surface area contributed by atoms with E-state index < -0.39 is 0 Å². The van der Waals surface area contributed by atoms with E-state index in [1.807, 2.05) is 31.2 Å². The molecule has 3 rings (SSSR count). The zero-order valence-corrected chi connectivity index (χ0v) is 13.5. The Labute approximate surface area is 140 Å². The summed E-state index contributed by atoms with van der Waals surface area (Å²) in [6.45, 7) is 2.84. The van der Waals surface area contributed by atoms with Gasteiger partial charge in [-0.05, 0) is 42.3 Å². The van der Waals surface area contributed by atoms with Crippen LogP contribution in [0, 0.1) is 12.8 Å². The highest BCUT2D eigenvalue weighted by Gasteiger charge is 2.34. The van der Waals surface area contributed by atoms with Crippen molar-refractivity contribution in [2.75, 3.05) is 11.4 Å². The monoisotopic (exact) mass is 324 g/mol. The number of carbonyl (C=O) groups excluding carboxylic acids is 2. The van der Waals surface area contributed by atoms with Crippen molar-refractivity contribution in [3.05, 3.63) is 59.7 Å². The second kappa shape index (κ2) is 6.74. The van der Waals surface area contributed by atoms with Crippen LogP contribution < -0.4 is 10.2 Å². The minimum atomic E-state index is -0.352. The largest absolute Gasteiger partial charge is 0.508 e. The molecule has 0 saturated carbocycles. The number of aromatic hydroxyl groups is 1. The second-order valence-electron chi connectivity index (χ2n) is 6.07. The van der Waals surface area contributed by atoms with Gasteiger partial charge in [-0.3, -0.25) is 9.59 Å². The molecule has 2 aromatic rings. The van der Waals surface area contributed by atoms with E-state index in [1.165, 1.54) is 12.1 Å². The lowest BCUT2D eigenvalue weighted by molar-refractivity contribution is -0.126. The van der Waals surface area contributed by atoms with Crippen LogP contribution in [0.2, 0.25) is 0 Å². The third-order valence-electron chi connectivity index (χ3n) is 4.37. The number of nitrogens with zero attached hydrogens (tertiary/aromatic N) is 1. The highest BCUT2D eigenvalue weighted by Crippen LogP contribution is 2.26. The molecule has 1 fully saturated rings. The van der Waals surface area contributed by atoms with Gasteiger partial charge in [0, 0.05) is 25.2 Å². The maximum Gasteiger partial charge on any atom is 0.227 e. The predicted molar refractivity (Wildman–Crippen MR) is 91.6 cm³/mol. The van der Waals surface area contributed by atoms with Crippen LogP contribution in [0.5, 0.6) is 5.75 Å². The van der Waals surface area contributed by atoms with Gasteiger partial charge >= 0.3 is 0 Å². The number of phenols is 1. The molecule has 2 aromatic carbocycles. The maximum absolute atomic E-state index is 12.4. The summed E-state index contributed by atoms with van der Waals surface area (Å²) in [7, 11) is 0. The first-order chi connectivity index (χ1) is 11.5. The van der Waals surface area contributed by atoms with E-state index in [-0.39, 0.29) is 29.9 Å². The molecule has 1 heterocycles. The van der Waals surface area contributed by atoms with E-state index >= 15 is 0 Å². The van der Waals surface area contributed by atoms with Gasteiger partial charge in [0.1, 0.15) is 5.75 Å². The predicted octanol–water partition coefficient (Wildman–Crippen LogP) is 2.37. The first-order valence-electron chi connectivity index (χ1n) is 7.96. The van der Waals surface area contributed by atoms with Crippen molar-refractivity contribution >= 4 is 17.5 Å². The average molecular weight is 324 g/mol. The van der Waals surface area contributed by atoms with E-state index in [0.717, 1.165) is 11.1 Å². The molecule has 24 heavy (non-hydrogen) atoms. The van der Waals surface area contributed by atoms with Crippen LogP contribution >= 0.6 is 0 Å². The van der Waals surface area contributed by atoms with E-state index in [9.17, 15) is 14.7 Å². The topological polar surface area (TPSA) is 69.6 Å². The number of hydrogen-bond donors (Lipinski definition) is 2. The lowest BCUT2D eigenvalue weighted by atomic mass is 10.1. The Morgan fingerprint density at radius 3 is 2.62 bits per heavy atom. The maximum atomic E-state index is 12.4. The molecule has 0 bridgehead atoms. The molecular formula is C19H20N2O3. The fraction of sp³-hybridized carbons (Fsp3) is 0.263. The molecule has 5 heteroatoms. The van der Waals surface area contributed by atoms with Gasteiger partial charge in [0.05, 0.1) is 5.92 Å². The van der Waals surface area contributed by atoms with E-state index in [1.54, 1.807) is 17.0 Å². The number of anilines is 1. The van der Waals surface area contributed by atoms with Crippen molar-refractivity contribution in [2.45, 2.75) is 19.9 Å². The lowest BCUT2D eigenvalue weighted by Gasteiger charge is -2.17. The number of phenolic OH excluding ortho intramolecular Hbond substituents is 1. The standard InChI is InChI=1S/C19H20N2O3/c1-13-4-2-3-5-14(13)11-20-19(24)15-10-18(23)21(12-15)16-6-8-17(22)9-7-16/h2-9,15,22H,10-12H2,1H3,(H,20,24). The fourth-order valence-electron chi connectivity index (χ4n) is 2.90. The Balaban J connectivity index is 1.62. The Bertz CT molecular complexity index is 755. The molecule has 0 spiro atoms. The van der Waals surface area contributed by atoms with Crippen molar-refractivity contribution in [2.24, 2.45) is 5.92 Å². The minimum absolute atomic E-state index is 0.0725. The Kier molecular flexibility index (Phi) is 4.51. The van der Waals surface area contributed by atoms with Gasteiger partial charge in [-0.2, -0.15) is 0 Å². The molecule has 1 aliphatic rings. The molecule has 0 radical (unpaired) electrons. The number of benzene rings is 2. The molecule has 0 aliphatic carbocycles. The number of hydrogen-bond acceptors (Lipinski definition) is 3. The molecule has 1 saturated heterocycles. The van der Waals surface area contributed by atoms with Crippen molar-refractivity contribution in [3.8, 4) is 5.75 Å². The molecule has 1 unspecified atom stereocenters. The third-order valence-corrected chi connectivity index (χ3v) is 4.37. The van der Waals surface area contributed by atoms with Crippen LogP contribution in [0.1, 0.15) is 17.5 Å². The molecule has 1 aliphatic heterocycles. The highest BCUT2D eigenvalue weighted by molar-refractivity contribution is 6.00. The van der Waals surface area contributed by atoms with E-state index in [2.05, 4.69) is 5.32 Å². The molecule has 2 N–H and O–H groups in total. The summed E-state index contributed by atoms with van der Waals surface area (Å²) in [6, 6.07) is 14.3. The summed E-state index contributed by atoms with van der Waals surface area (Å²) in [5.74, 6) is -0.377. The first kappa shape index (κ1) is 16.1. The van der Waals surface area contributed by atoms with Gasteiger partial charge in [0.25, 0.3) is 0 Å². The zero-order valence-electron chi connectivity index (χ0n) is 13.5. The Morgan fingerprint density at radius 2 is 1.92 bits per heavy atom. The van der Waals surface area contributed by atoms with Crippen molar-refractivity contribution in [3.63, 3.8) is 0 Å². The fourth-order valence-corrected chi connectivity index (χ4v) is 2.90. The lowest BCUT2D eigenvalue weighted by Crippen LogP contribution is -2.32. The van der Waals surface area contributed by atoms with Gasteiger partial charge in [-0.25, -0.2) is 0 Å². The average Bonchev–Trinajstić information content (AvgIpc) is 2.96. The van der Waals surface area contributed by atoms with Crippen LogP contribution in [0.15, 0.2) is 48.5 Å². The van der Waals surface area contributed by atoms with Crippen molar-refractivity contribution in [1.29, 1.82) is 0 Å². The summed E-state index contributed by atoms with van der Waals surface area (Å²) in [4.78, 5) is 26.2. The molecule has 5 nitrogen and oxygen atoms in total. The van der Waals surface area contributed by atoms with Crippen LogP contribution in [-0.4, -0.2) is 23.5 Å². The SMILES string of the molecule is Cc1ccccc1CNC(=O)C1CC(=O)N(c2ccc(O)cc2)C1. The number of nitrogens with one attached hydrogen (secondary N) is 1. The zero-order chi connectivity index (χ0) is 17.1. The van der Waals surface area contributed by atoms with E-state index in [0.29, 0.717) is 18.8 Å². The van der Waals surface area contributed by atoms with Gasteiger partial charge < -0.3 is 15.3 Å². The molecule has 0 aromatic heterocycles. The normalized spacial score (nSPS) is 17.1. The summed E-state index contributed by atoms with van der Waals surface area (Å²) < 4.78 is 0. The summed E-state index contributed by atoms with van der Waals surface area (Å²) in [5, 5.41) is 12.3. The summed E-state index contributed by atoms with van der Waals surface area (Å²) in [5.41, 5.74) is 2.91. The van der Waals surface area contributed by atoms with Crippen molar-refractivity contribution < 1.29 is 14.7 Å². The van der Waals surface area contributed by atoms with Gasteiger partial charge in [-0.1, -0.05) is 24.3 Å². The van der Waals surface area contributed by atoms with Crippen molar-refractivity contribution in [1.82, 2.24) is 5.32 Å². The Hall–Kier alpha value is -2.82. The highest BCUT2D eigenvalue weighted by atomic mass is 16.3. The molecule has 2 amide bonds. The smallest absolute Gasteiger partial charge is 0.227 e. The molecule has 124 valence electrons. The van der Waals surface area contributed by atoms with Crippen LogP contribution in [0.4, 0.5) is 5.69 Å². The second-order valence-corrected chi connectivity index (χ2v) is 6.07. The van der Waals surface area contributed by atoms with Crippen LogP contribution in [0.3, 0.4) is 0 Å². The minimum Gasteiger partial charge on any atom is -0.508 e. The van der Waals surface area contributed by atoms with E-state index in [4.69, 9.17) is 0 Å². The third kappa shape index (κ3) is 3.40.